The first-order valence-electron chi connectivity index (χ1n) is 10.7. The number of carboxylic acid groups (broad SMARTS) is 1. The molecule has 1 heterocycles. The second-order valence-corrected chi connectivity index (χ2v) is 7.94. The summed E-state index contributed by atoms with van der Waals surface area (Å²) in [6.07, 6.45) is 1.44. The molecule has 2 N–H and O–H groups in total. The normalized spacial score (nSPS) is 14.2. The Morgan fingerprint density at radius 1 is 1.06 bits per heavy atom. The van der Waals surface area contributed by atoms with Crippen molar-refractivity contribution in [1.29, 1.82) is 0 Å². The Morgan fingerprint density at radius 3 is 2.54 bits per heavy atom. The van der Waals surface area contributed by atoms with Crippen molar-refractivity contribution in [3.05, 3.63) is 94.0 Å². The summed E-state index contributed by atoms with van der Waals surface area (Å²) in [7, 11) is 0. The van der Waals surface area contributed by atoms with E-state index in [1.54, 1.807) is 55.5 Å². The van der Waals surface area contributed by atoms with Gasteiger partial charge in [0.1, 0.15) is 12.2 Å². The monoisotopic (exact) mass is 492 g/mol. The van der Waals surface area contributed by atoms with Crippen LogP contribution in [0.2, 0.25) is 5.02 Å². The van der Waals surface area contributed by atoms with E-state index >= 15 is 0 Å². The van der Waals surface area contributed by atoms with Crippen LogP contribution in [0.1, 0.15) is 28.4 Å². The van der Waals surface area contributed by atoms with Crippen molar-refractivity contribution in [2.45, 2.75) is 13.5 Å². The van der Waals surface area contributed by atoms with Gasteiger partial charge in [-0.25, -0.2) is 9.80 Å². The largest absolute Gasteiger partial charge is 0.490 e. The van der Waals surface area contributed by atoms with Crippen LogP contribution in [0.4, 0.5) is 5.69 Å². The Balaban J connectivity index is 1.60. The van der Waals surface area contributed by atoms with Crippen LogP contribution in [0.3, 0.4) is 0 Å². The van der Waals surface area contributed by atoms with Crippen LogP contribution in [0, 0.1) is 0 Å². The van der Waals surface area contributed by atoms with Crippen molar-refractivity contribution < 1.29 is 29.0 Å². The van der Waals surface area contributed by atoms with E-state index in [2.05, 4.69) is 5.43 Å². The van der Waals surface area contributed by atoms with Crippen molar-refractivity contribution in [3.8, 4) is 11.5 Å². The Morgan fingerprint density at radius 2 is 1.83 bits per heavy atom. The van der Waals surface area contributed by atoms with E-state index < -0.39 is 17.8 Å². The van der Waals surface area contributed by atoms with Crippen molar-refractivity contribution >= 4 is 41.1 Å². The van der Waals surface area contributed by atoms with Crippen molar-refractivity contribution in [1.82, 2.24) is 5.43 Å². The highest BCUT2D eigenvalue weighted by molar-refractivity contribution is 6.33. The SMILES string of the molecule is CCOc1cc(/C=C2/C(=O)NN(c3ccccc3)C2=O)cc(Cl)c1OCc1cccc(C(=O)O)c1. The molecule has 1 saturated heterocycles. The molecule has 9 heteroatoms. The van der Waals surface area contributed by atoms with Crippen LogP contribution >= 0.6 is 11.6 Å². The van der Waals surface area contributed by atoms with E-state index in [1.807, 2.05) is 6.07 Å². The lowest BCUT2D eigenvalue weighted by atomic mass is 10.1. The third kappa shape index (κ3) is 5.28. The lowest BCUT2D eigenvalue weighted by Crippen LogP contribution is -2.35. The third-order valence-corrected chi connectivity index (χ3v) is 5.39. The second kappa shape index (κ2) is 10.3. The number of benzene rings is 3. The molecule has 3 aromatic carbocycles. The maximum absolute atomic E-state index is 12.9. The summed E-state index contributed by atoms with van der Waals surface area (Å²) in [6, 6.07) is 18.3. The minimum absolute atomic E-state index is 0.0495. The van der Waals surface area contributed by atoms with Gasteiger partial charge in [-0.2, -0.15) is 0 Å². The number of aromatic carboxylic acids is 1. The molecular weight excluding hydrogens is 472 g/mol. The molecule has 3 aromatic rings. The number of hydrazine groups is 1. The molecule has 4 rings (SSSR count). The number of hydrogen-bond acceptors (Lipinski definition) is 5. The fourth-order valence-corrected chi connectivity index (χ4v) is 3.78. The minimum atomic E-state index is -1.03. The average molecular weight is 493 g/mol. The molecule has 0 aromatic heterocycles. The lowest BCUT2D eigenvalue weighted by molar-refractivity contribution is -0.117. The first-order chi connectivity index (χ1) is 16.9. The summed E-state index contributed by atoms with van der Waals surface area (Å²) in [5, 5.41) is 10.6. The van der Waals surface area contributed by atoms with E-state index in [0.29, 0.717) is 29.2 Å². The fourth-order valence-electron chi connectivity index (χ4n) is 3.51. The van der Waals surface area contributed by atoms with Crippen LogP contribution in [0.25, 0.3) is 6.08 Å². The number of halogens is 1. The van der Waals surface area contributed by atoms with Gasteiger partial charge in [-0.1, -0.05) is 41.9 Å². The first-order valence-corrected chi connectivity index (χ1v) is 11.1. The average Bonchev–Trinajstić information content (AvgIpc) is 3.13. The molecular formula is C26H21ClN2O6. The zero-order valence-corrected chi connectivity index (χ0v) is 19.4. The lowest BCUT2D eigenvalue weighted by Gasteiger charge is -2.15. The molecule has 0 radical (unpaired) electrons. The maximum Gasteiger partial charge on any atom is 0.335 e. The number of carbonyl (C=O) groups is 3. The summed E-state index contributed by atoms with van der Waals surface area (Å²) in [6.45, 7) is 2.18. The highest BCUT2D eigenvalue weighted by Gasteiger charge is 2.34. The standard InChI is InChI=1S/C26H21ClN2O6/c1-2-34-22-14-17(12-20-24(30)28-29(25(20)31)19-9-4-3-5-10-19)13-21(27)23(22)35-15-16-7-6-8-18(11-16)26(32)33/h3-14H,2,15H2,1H3,(H,28,30)(H,32,33)/b20-12-. The predicted octanol–water partition coefficient (Wildman–Crippen LogP) is 4.48. The summed E-state index contributed by atoms with van der Waals surface area (Å²) < 4.78 is 11.5. The summed E-state index contributed by atoms with van der Waals surface area (Å²) in [4.78, 5) is 36.6. The molecule has 1 aliphatic heterocycles. The molecule has 1 aliphatic rings. The van der Waals surface area contributed by atoms with Crippen LogP contribution in [0.15, 0.2) is 72.3 Å². The van der Waals surface area contributed by atoms with Crippen LogP contribution < -0.4 is 19.9 Å². The zero-order valence-electron chi connectivity index (χ0n) is 18.7. The highest BCUT2D eigenvalue weighted by Crippen LogP contribution is 2.38. The van der Waals surface area contributed by atoms with Crippen LogP contribution in [0.5, 0.6) is 11.5 Å². The number of anilines is 1. The Labute approximate surface area is 206 Å². The number of nitrogens with one attached hydrogen (secondary N) is 1. The number of hydrogen-bond donors (Lipinski definition) is 2. The molecule has 0 atom stereocenters. The topological polar surface area (TPSA) is 105 Å². The summed E-state index contributed by atoms with van der Waals surface area (Å²) >= 11 is 6.48. The molecule has 0 unspecified atom stereocenters. The number of amides is 2. The van der Waals surface area contributed by atoms with Gasteiger partial charge in [0, 0.05) is 0 Å². The maximum atomic E-state index is 12.9. The van der Waals surface area contributed by atoms with Crippen LogP contribution in [-0.2, 0) is 16.2 Å². The number of carbonyl (C=O) groups excluding carboxylic acids is 2. The zero-order chi connectivity index (χ0) is 24.9. The molecule has 8 nitrogen and oxygen atoms in total. The highest BCUT2D eigenvalue weighted by atomic mass is 35.5. The molecule has 1 fully saturated rings. The minimum Gasteiger partial charge on any atom is -0.490 e. The first kappa shape index (κ1) is 23.8. The van der Waals surface area contributed by atoms with Gasteiger partial charge in [0.05, 0.1) is 22.9 Å². The molecule has 2 amide bonds. The third-order valence-electron chi connectivity index (χ3n) is 5.11. The van der Waals surface area contributed by atoms with Gasteiger partial charge >= 0.3 is 5.97 Å². The van der Waals surface area contributed by atoms with Crippen molar-refractivity contribution in [3.63, 3.8) is 0 Å². The van der Waals surface area contributed by atoms with E-state index in [1.165, 1.54) is 23.2 Å². The molecule has 0 spiro atoms. The summed E-state index contributed by atoms with van der Waals surface area (Å²) in [5.74, 6) is -1.47. The number of para-hydroxylation sites is 1. The van der Waals surface area contributed by atoms with E-state index in [-0.39, 0.29) is 28.5 Å². The number of ether oxygens (including phenoxy) is 2. The Kier molecular flexibility index (Phi) is 7.03. The van der Waals surface area contributed by atoms with Gasteiger partial charge < -0.3 is 14.6 Å². The van der Waals surface area contributed by atoms with Crippen molar-refractivity contribution in [2.24, 2.45) is 0 Å². The summed E-state index contributed by atoms with van der Waals surface area (Å²) in [5.41, 5.74) is 4.31. The van der Waals surface area contributed by atoms with Gasteiger partial charge in [0.15, 0.2) is 11.5 Å². The van der Waals surface area contributed by atoms with Crippen LogP contribution in [-0.4, -0.2) is 29.5 Å². The number of rotatable bonds is 8. The fraction of sp³-hybridized carbons (Fsp3) is 0.115. The van der Waals surface area contributed by atoms with Gasteiger partial charge in [0.2, 0.25) is 0 Å². The molecule has 0 bridgehead atoms. The van der Waals surface area contributed by atoms with E-state index in [0.717, 1.165) is 0 Å². The Bertz CT molecular complexity index is 1320. The van der Waals surface area contributed by atoms with E-state index in [4.69, 9.17) is 21.1 Å². The van der Waals surface area contributed by atoms with Crippen molar-refractivity contribution in [2.75, 3.05) is 11.6 Å². The molecule has 0 saturated carbocycles. The number of carboxylic acids is 1. The molecule has 0 aliphatic carbocycles. The Hall–Kier alpha value is -4.30. The van der Waals surface area contributed by atoms with E-state index in [9.17, 15) is 19.5 Å². The van der Waals surface area contributed by atoms with Gasteiger partial charge in [-0.15, -0.1) is 0 Å². The van der Waals surface area contributed by atoms with Gasteiger partial charge in [0.25, 0.3) is 11.8 Å². The molecule has 178 valence electrons. The smallest absolute Gasteiger partial charge is 0.335 e. The van der Waals surface area contributed by atoms with Gasteiger partial charge in [-0.05, 0) is 60.5 Å². The second-order valence-electron chi connectivity index (χ2n) is 7.53. The molecule has 35 heavy (non-hydrogen) atoms. The predicted molar refractivity (Wildman–Crippen MR) is 130 cm³/mol. The number of nitrogens with zero attached hydrogens (tertiary/aromatic N) is 1. The van der Waals surface area contributed by atoms with Gasteiger partial charge in [-0.3, -0.25) is 15.0 Å². The quantitative estimate of drug-likeness (QED) is 0.355.